The van der Waals surface area contributed by atoms with Gasteiger partial charge in [-0.25, -0.2) is 14.3 Å². The van der Waals surface area contributed by atoms with Crippen LogP contribution in [0.4, 0.5) is 4.79 Å². The minimum absolute atomic E-state index is 0.339. The molecule has 0 saturated heterocycles. The zero-order valence-corrected chi connectivity index (χ0v) is 18.3. The van der Waals surface area contributed by atoms with Crippen molar-refractivity contribution in [1.29, 1.82) is 0 Å². The van der Waals surface area contributed by atoms with Gasteiger partial charge in [0.1, 0.15) is 11.2 Å². The number of hydrogen-bond donors (Lipinski definition) is 2. The highest BCUT2D eigenvalue weighted by Crippen LogP contribution is 2.26. The summed E-state index contributed by atoms with van der Waals surface area (Å²) in [4.78, 5) is 16.8. The number of carbonyl (C=O) groups is 1. The van der Waals surface area contributed by atoms with Crippen LogP contribution in [-0.2, 0) is 9.39 Å². The molecule has 9 heteroatoms. The molecule has 148 valence electrons. The second-order valence-electron chi connectivity index (χ2n) is 8.50. The first-order valence-corrected chi connectivity index (χ1v) is 9.40. The molecule has 0 spiro atoms. The molecule has 0 unspecified atom stereocenters. The molecule has 0 radical (unpaired) electrons. The average molecular weight is 441 g/mol. The molecule has 0 saturated carbocycles. The van der Waals surface area contributed by atoms with Crippen molar-refractivity contribution in [3.8, 4) is 0 Å². The maximum atomic E-state index is 12.6. The second kappa shape index (κ2) is 7.20. The number of aromatic nitrogens is 2. The summed E-state index contributed by atoms with van der Waals surface area (Å²) in [6.45, 7) is 11.9. The minimum Gasteiger partial charge on any atom is -0.443 e. The Morgan fingerprint density at radius 3 is 2.33 bits per heavy atom. The summed E-state index contributed by atoms with van der Waals surface area (Å²) in [7, 11) is -1.38. The van der Waals surface area contributed by atoms with Crippen molar-refractivity contribution in [3.63, 3.8) is 0 Å². The first-order valence-electron chi connectivity index (χ1n) is 8.60. The molecule has 2 N–H and O–H groups in total. The minimum atomic E-state index is -1.38. The number of fused-ring (bicyclic) bond motifs is 1. The molecule has 0 aromatic carbocycles. The van der Waals surface area contributed by atoms with Crippen molar-refractivity contribution in [2.24, 2.45) is 0 Å². The van der Waals surface area contributed by atoms with E-state index in [-0.39, 0.29) is 0 Å². The zero-order valence-electron chi connectivity index (χ0n) is 16.7. The van der Waals surface area contributed by atoms with Gasteiger partial charge in [-0.1, -0.05) is 0 Å². The van der Waals surface area contributed by atoms with E-state index in [1.165, 1.54) is 10.8 Å². The van der Waals surface area contributed by atoms with Gasteiger partial charge in [-0.2, -0.15) is 0 Å². The van der Waals surface area contributed by atoms with Gasteiger partial charge in [-0.15, -0.1) is 0 Å². The fourth-order valence-corrected chi connectivity index (χ4v) is 2.57. The van der Waals surface area contributed by atoms with Gasteiger partial charge in [0.05, 0.1) is 11.2 Å². The van der Waals surface area contributed by atoms with Gasteiger partial charge in [0.25, 0.3) is 0 Å². The van der Waals surface area contributed by atoms with E-state index in [0.717, 1.165) is 0 Å². The highest BCUT2D eigenvalue weighted by molar-refractivity contribution is 9.10. The molecule has 0 fully saturated rings. The maximum absolute atomic E-state index is 12.6. The summed E-state index contributed by atoms with van der Waals surface area (Å²) < 4.78 is 13.1. The van der Waals surface area contributed by atoms with E-state index in [9.17, 15) is 14.9 Å². The number of nitrogens with zero attached hydrogens (tertiary/aromatic N) is 2. The summed E-state index contributed by atoms with van der Waals surface area (Å²) in [6, 6.07) is 1.74. The lowest BCUT2D eigenvalue weighted by Gasteiger charge is -2.38. The predicted molar refractivity (Wildman–Crippen MR) is 108 cm³/mol. The number of pyridine rings is 1. The molecule has 2 aromatic rings. The van der Waals surface area contributed by atoms with E-state index in [0.29, 0.717) is 21.0 Å². The Labute approximate surface area is 168 Å². The molecule has 7 nitrogen and oxygen atoms in total. The Balaban J connectivity index is 2.51. The highest BCUT2D eigenvalue weighted by atomic mass is 79.9. The van der Waals surface area contributed by atoms with E-state index in [4.69, 9.17) is 9.39 Å². The van der Waals surface area contributed by atoms with Crippen LogP contribution in [0.3, 0.4) is 0 Å². The van der Waals surface area contributed by atoms with Crippen LogP contribution in [0, 0.1) is 0 Å². The van der Waals surface area contributed by atoms with Crippen molar-refractivity contribution >= 4 is 45.6 Å². The van der Waals surface area contributed by atoms with E-state index in [1.807, 2.05) is 0 Å². The Bertz CT molecular complexity index is 852. The molecule has 27 heavy (non-hydrogen) atoms. The fraction of sp³-hybridized carbons (Fsp3) is 0.556. The van der Waals surface area contributed by atoms with Crippen LogP contribution in [-0.4, -0.2) is 49.7 Å². The summed E-state index contributed by atoms with van der Waals surface area (Å²) in [5, 5.41) is 21.5. The largest absolute Gasteiger partial charge is 0.493 e. The SMILES string of the molecule is CC(C)(C)OC(=O)n1cc(B(O)OC(C)(C)C(C)(C)O)c2cc(Br)cnc21. The molecule has 2 aromatic heterocycles. The van der Waals surface area contributed by atoms with Gasteiger partial charge in [0, 0.05) is 27.7 Å². The molecule has 0 bridgehead atoms. The number of hydrogen-bond acceptors (Lipinski definition) is 6. The van der Waals surface area contributed by atoms with Gasteiger partial charge in [-0.05, 0) is 70.5 Å². The third kappa shape index (κ3) is 4.90. The summed E-state index contributed by atoms with van der Waals surface area (Å²) >= 11 is 3.35. The van der Waals surface area contributed by atoms with E-state index < -0.39 is 30.0 Å². The van der Waals surface area contributed by atoms with Crippen molar-refractivity contribution in [1.82, 2.24) is 9.55 Å². The lowest BCUT2D eigenvalue weighted by Crippen LogP contribution is -2.53. The lowest BCUT2D eigenvalue weighted by atomic mass is 9.76. The predicted octanol–water partition coefficient (Wildman–Crippen LogP) is 2.84. The Hall–Kier alpha value is -1.42. The molecule has 2 rings (SSSR count). The molecule has 0 atom stereocenters. The van der Waals surface area contributed by atoms with Crippen LogP contribution in [0.5, 0.6) is 0 Å². The van der Waals surface area contributed by atoms with Crippen LogP contribution in [0.25, 0.3) is 11.0 Å². The number of rotatable bonds is 4. The number of carbonyl (C=O) groups excluding carboxylic acids is 1. The van der Waals surface area contributed by atoms with Crippen LogP contribution >= 0.6 is 15.9 Å². The van der Waals surface area contributed by atoms with Gasteiger partial charge in [0.15, 0.2) is 0 Å². The van der Waals surface area contributed by atoms with E-state index in [2.05, 4.69) is 20.9 Å². The highest BCUT2D eigenvalue weighted by Gasteiger charge is 2.40. The summed E-state index contributed by atoms with van der Waals surface area (Å²) in [5.74, 6) is 0. The van der Waals surface area contributed by atoms with Gasteiger partial charge in [0.2, 0.25) is 0 Å². The first kappa shape index (κ1) is 21.9. The van der Waals surface area contributed by atoms with Crippen LogP contribution in [0.2, 0.25) is 0 Å². The first-order chi connectivity index (χ1) is 12.1. The van der Waals surface area contributed by atoms with Crippen molar-refractivity contribution in [2.75, 3.05) is 0 Å². The van der Waals surface area contributed by atoms with Crippen LogP contribution < -0.4 is 5.46 Å². The Morgan fingerprint density at radius 2 is 1.81 bits per heavy atom. The lowest BCUT2D eigenvalue weighted by molar-refractivity contribution is -0.0982. The Kier molecular flexibility index (Phi) is 5.83. The topological polar surface area (TPSA) is 93.8 Å². The number of ether oxygens (including phenoxy) is 1. The molecular formula is C18H26BBrN2O5. The summed E-state index contributed by atoms with van der Waals surface area (Å²) in [6.07, 6.45) is 2.40. The Morgan fingerprint density at radius 1 is 1.22 bits per heavy atom. The smallest absolute Gasteiger partial charge is 0.443 e. The van der Waals surface area contributed by atoms with Crippen LogP contribution in [0.15, 0.2) is 22.9 Å². The quantitative estimate of drug-likeness (QED) is 0.710. The van der Waals surface area contributed by atoms with Crippen LogP contribution in [0.1, 0.15) is 48.5 Å². The molecule has 0 aliphatic carbocycles. The van der Waals surface area contributed by atoms with Gasteiger partial charge in [-0.3, -0.25) is 0 Å². The zero-order chi connectivity index (χ0) is 20.8. The molecule has 0 aliphatic heterocycles. The average Bonchev–Trinajstić information content (AvgIpc) is 2.82. The van der Waals surface area contributed by atoms with Gasteiger partial charge < -0.3 is 19.5 Å². The third-order valence-electron chi connectivity index (χ3n) is 4.38. The van der Waals surface area contributed by atoms with Crippen molar-refractivity contribution in [3.05, 3.63) is 22.9 Å². The van der Waals surface area contributed by atoms with Crippen molar-refractivity contribution in [2.45, 2.75) is 65.3 Å². The fourth-order valence-electron chi connectivity index (χ4n) is 2.24. The van der Waals surface area contributed by atoms with E-state index >= 15 is 0 Å². The van der Waals surface area contributed by atoms with Gasteiger partial charge >= 0.3 is 13.2 Å². The second-order valence-corrected chi connectivity index (χ2v) is 9.41. The molecule has 2 heterocycles. The number of halogens is 1. The number of aliphatic hydroxyl groups is 1. The normalized spacial score (nSPS) is 13.1. The van der Waals surface area contributed by atoms with E-state index in [1.54, 1.807) is 60.7 Å². The third-order valence-corrected chi connectivity index (χ3v) is 4.81. The molecule has 0 aliphatic rings. The monoisotopic (exact) mass is 440 g/mol. The van der Waals surface area contributed by atoms with Crippen molar-refractivity contribution < 1.29 is 24.3 Å². The molecule has 0 amide bonds. The maximum Gasteiger partial charge on any atom is 0.493 e. The molecular weight excluding hydrogens is 415 g/mol. The standard InChI is InChI=1S/C18H26BBrN2O5/c1-16(2,3)26-15(23)22-10-13(12-8-11(20)9-21-14(12)22)19(25)27-18(6,7)17(4,5)24/h8-10,24-25H,1-7H3. The summed E-state index contributed by atoms with van der Waals surface area (Å²) in [5.41, 5.74) is -2.24.